The van der Waals surface area contributed by atoms with Crippen molar-refractivity contribution in [2.24, 2.45) is 0 Å². The molecule has 2 aromatic heterocycles. The molecule has 0 N–H and O–H groups in total. The second-order valence-electron chi connectivity index (χ2n) is 4.32. The molecule has 0 amide bonds. The van der Waals surface area contributed by atoms with Crippen LogP contribution in [-0.2, 0) is 0 Å². The second-order valence-corrected chi connectivity index (χ2v) is 5.17. The largest absolute Gasteiger partial charge is 0.264 e. The van der Waals surface area contributed by atoms with Crippen LogP contribution in [0.1, 0.15) is 11.4 Å². The first-order valence-electron chi connectivity index (χ1n) is 5.71. The molecule has 6 heteroatoms. The molecule has 3 aromatic rings. The van der Waals surface area contributed by atoms with E-state index in [1.165, 1.54) is 0 Å². The van der Waals surface area contributed by atoms with Gasteiger partial charge in [0.15, 0.2) is 5.82 Å². The molecule has 0 unspecified atom stereocenters. The first-order chi connectivity index (χ1) is 9.06. The summed E-state index contributed by atoms with van der Waals surface area (Å²) in [4.78, 5) is 4.35. The molecule has 0 atom stereocenters. The molecule has 0 aliphatic rings. The predicted octanol–water partition coefficient (Wildman–Crippen LogP) is 3.71. The normalized spacial score (nSPS) is 11.2. The molecule has 0 aliphatic carbocycles. The summed E-state index contributed by atoms with van der Waals surface area (Å²) in [7, 11) is 0. The number of aryl methyl sites for hydroxylation is 2. The summed E-state index contributed by atoms with van der Waals surface area (Å²) < 4.78 is 1.88. The third-order valence-corrected chi connectivity index (χ3v) is 3.41. The zero-order valence-corrected chi connectivity index (χ0v) is 11.9. The standard InChI is InChI=1S/C13H10Cl2N4/c1-7-5-8(2)19-12(17-18-13(19)16-7)10-4-3-9(14)6-11(10)15/h3-6H,1-2H3. The van der Waals surface area contributed by atoms with Gasteiger partial charge in [-0.2, -0.15) is 0 Å². The first kappa shape index (κ1) is 12.4. The van der Waals surface area contributed by atoms with Crippen molar-refractivity contribution >= 4 is 29.0 Å². The van der Waals surface area contributed by atoms with Gasteiger partial charge in [0.25, 0.3) is 5.78 Å². The summed E-state index contributed by atoms with van der Waals surface area (Å²) in [5.74, 6) is 1.24. The van der Waals surface area contributed by atoms with Gasteiger partial charge in [0.2, 0.25) is 0 Å². The van der Waals surface area contributed by atoms with Crippen LogP contribution in [-0.4, -0.2) is 19.6 Å². The number of nitrogens with zero attached hydrogens (tertiary/aromatic N) is 4. The fourth-order valence-corrected chi connectivity index (χ4v) is 2.57. The highest BCUT2D eigenvalue weighted by atomic mass is 35.5. The molecular weight excluding hydrogens is 283 g/mol. The van der Waals surface area contributed by atoms with Crippen LogP contribution in [0.4, 0.5) is 0 Å². The first-order valence-corrected chi connectivity index (χ1v) is 6.46. The molecule has 96 valence electrons. The van der Waals surface area contributed by atoms with Crippen molar-refractivity contribution in [2.45, 2.75) is 13.8 Å². The second kappa shape index (κ2) is 4.47. The molecule has 19 heavy (non-hydrogen) atoms. The Morgan fingerprint density at radius 3 is 2.58 bits per heavy atom. The Labute approximate surface area is 120 Å². The minimum absolute atomic E-state index is 0.543. The summed E-state index contributed by atoms with van der Waals surface area (Å²) in [6.07, 6.45) is 0. The SMILES string of the molecule is Cc1cc(C)n2c(-c3ccc(Cl)cc3Cl)nnc2n1. The van der Waals surface area contributed by atoms with E-state index in [1.54, 1.807) is 12.1 Å². The van der Waals surface area contributed by atoms with Crippen LogP contribution in [0.5, 0.6) is 0 Å². The quantitative estimate of drug-likeness (QED) is 0.687. The lowest BCUT2D eigenvalue weighted by atomic mass is 10.2. The number of hydrogen-bond acceptors (Lipinski definition) is 3. The van der Waals surface area contributed by atoms with Crippen LogP contribution in [0.25, 0.3) is 17.2 Å². The summed E-state index contributed by atoms with van der Waals surface area (Å²) in [5, 5.41) is 9.41. The van der Waals surface area contributed by atoms with E-state index < -0.39 is 0 Å². The smallest absolute Gasteiger partial charge is 0.255 e. The summed E-state index contributed by atoms with van der Waals surface area (Å²) in [5.41, 5.74) is 2.70. The van der Waals surface area contributed by atoms with E-state index in [-0.39, 0.29) is 0 Å². The molecule has 4 nitrogen and oxygen atoms in total. The zero-order chi connectivity index (χ0) is 13.6. The lowest BCUT2D eigenvalue weighted by molar-refractivity contribution is 1.02. The Morgan fingerprint density at radius 2 is 1.84 bits per heavy atom. The summed E-state index contributed by atoms with van der Waals surface area (Å²) in [6.45, 7) is 3.91. The maximum atomic E-state index is 6.22. The number of benzene rings is 1. The van der Waals surface area contributed by atoms with Crippen LogP contribution in [0.15, 0.2) is 24.3 Å². The van der Waals surface area contributed by atoms with E-state index in [2.05, 4.69) is 15.2 Å². The Kier molecular flexibility index (Phi) is 2.92. The van der Waals surface area contributed by atoms with Gasteiger partial charge in [-0.25, -0.2) is 4.98 Å². The van der Waals surface area contributed by atoms with E-state index in [4.69, 9.17) is 23.2 Å². The lowest BCUT2D eigenvalue weighted by Crippen LogP contribution is -1.98. The van der Waals surface area contributed by atoms with Crippen molar-refractivity contribution in [3.63, 3.8) is 0 Å². The molecule has 3 rings (SSSR count). The summed E-state index contributed by atoms with van der Waals surface area (Å²) >= 11 is 12.1. The number of rotatable bonds is 1. The maximum absolute atomic E-state index is 6.22. The van der Waals surface area contributed by atoms with Crippen LogP contribution in [0, 0.1) is 13.8 Å². The van der Waals surface area contributed by atoms with Gasteiger partial charge < -0.3 is 0 Å². The van der Waals surface area contributed by atoms with Gasteiger partial charge in [-0.05, 0) is 38.1 Å². The minimum atomic E-state index is 0.543. The third-order valence-electron chi connectivity index (χ3n) is 2.86. The van der Waals surface area contributed by atoms with Gasteiger partial charge in [0, 0.05) is 22.0 Å². The van der Waals surface area contributed by atoms with E-state index in [1.807, 2.05) is 30.4 Å². The van der Waals surface area contributed by atoms with Crippen molar-refractivity contribution in [2.75, 3.05) is 0 Å². The van der Waals surface area contributed by atoms with Gasteiger partial charge in [-0.1, -0.05) is 23.2 Å². The van der Waals surface area contributed by atoms with Crippen molar-refractivity contribution in [3.8, 4) is 11.4 Å². The predicted molar refractivity (Wildman–Crippen MR) is 75.7 cm³/mol. The van der Waals surface area contributed by atoms with Crippen LogP contribution < -0.4 is 0 Å². The van der Waals surface area contributed by atoms with Crippen molar-refractivity contribution in [3.05, 3.63) is 45.7 Å². The maximum Gasteiger partial charge on any atom is 0.255 e. The van der Waals surface area contributed by atoms with Gasteiger partial charge in [-0.3, -0.25) is 4.40 Å². The van der Waals surface area contributed by atoms with E-state index >= 15 is 0 Å². The average molecular weight is 293 g/mol. The van der Waals surface area contributed by atoms with E-state index in [9.17, 15) is 0 Å². The Morgan fingerprint density at radius 1 is 1.05 bits per heavy atom. The highest BCUT2D eigenvalue weighted by Gasteiger charge is 2.14. The number of hydrogen-bond donors (Lipinski definition) is 0. The highest BCUT2D eigenvalue weighted by Crippen LogP contribution is 2.29. The fraction of sp³-hybridized carbons (Fsp3) is 0.154. The highest BCUT2D eigenvalue weighted by molar-refractivity contribution is 6.36. The third kappa shape index (κ3) is 2.07. The molecular formula is C13H10Cl2N4. The molecule has 0 saturated heterocycles. The van der Waals surface area contributed by atoms with E-state index in [0.29, 0.717) is 21.6 Å². The van der Waals surface area contributed by atoms with Crippen molar-refractivity contribution in [1.82, 2.24) is 19.6 Å². The summed E-state index contributed by atoms with van der Waals surface area (Å²) in [6, 6.07) is 7.28. The molecule has 1 aromatic carbocycles. The van der Waals surface area contributed by atoms with Crippen molar-refractivity contribution in [1.29, 1.82) is 0 Å². The van der Waals surface area contributed by atoms with Gasteiger partial charge in [0.05, 0.1) is 5.02 Å². The lowest BCUT2D eigenvalue weighted by Gasteiger charge is -2.06. The minimum Gasteiger partial charge on any atom is -0.264 e. The van der Waals surface area contributed by atoms with Gasteiger partial charge in [-0.15, -0.1) is 10.2 Å². The van der Waals surface area contributed by atoms with Crippen molar-refractivity contribution < 1.29 is 0 Å². The molecule has 0 spiro atoms. The molecule has 0 fully saturated rings. The molecule has 0 aliphatic heterocycles. The number of aromatic nitrogens is 4. The number of fused-ring (bicyclic) bond motifs is 1. The van der Waals surface area contributed by atoms with E-state index in [0.717, 1.165) is 17.0 Å². The number of halogens is 2. The van der Waals surface area contributed by atoms with Crippen LogP contribution in [0.2, 0.25) is 10.0 Å². The Bertz CT molecular complexity index is 780. The van der Waals surface area contributed by atoms with Crippen LogP contribution >= 0.6 is 23.2 Å². The van der Waals surface area contributed by atoms with Gasteiger partial charge >= 0.3 is 0 Å². The fourth-order valence-electron chi connectivity index (χ4n) is 2.08. The average Bonchev–Trinajstić information content (AvgIpc) is 2.72. The Hall–Kier alpha value is -1.65. The molecule has 0 bridgehead atoms. The monoisotopic (exact) mass is 292 g/mol. The van der Waals surface area contributed by atoms with Crippen LogP contribution in [0.3, 0.4) is 0 Å². The molecule has 0 saturated carbocycles. The molecule has 2 heterocycles. The molecule has 0 radical (unpaired) electrons. The Balaban J connectivity index is 2.31. The topological polar surface area (TPSA) is 43.1 Å². The zero-order valence-electron chi connectivity index (χ0n) is 10.4. The van der Waals surface area contributed by atoms with Gasteiger partial charge in [0.1, 0.15) is 0 Å².